The molecule has 0 bridgehead atoms. The van der Waals surface area contributed by atoms with Gasteiger partial charge in [-0.3, -0.25) is 14.2 Å². The highest BCUT2D eigenvalue weighted by atomic mass is 16.2. The Hall–Kier alpha value is -2.24. The third-order valence-electron chi connectivity index (χ3n) is 3.67. The number of likely N-dealkylation sites (tertiary alicyclic amines) is 1. The highest BCUT2D eigenvalue weighted by Gasteiger charge is 2.23. The summed E-state index contributed by atoms with van der Waals surface area (Å²) in [6.45, 7) is 1.41. The van der Waals surface area contributed by atoms with Crippen molar-refractivity contribution in [1.82, 2.24) is 19.4 Å². The molecule has 1 fully saturated rings. The van der Waals surface area contributed by atoms with Crippen molar-refractivity contribution in [2.24, 2.45) is 7.05 Å². The van der Waals surface area contributed by atoms with Crippen molar-refractivity contribution in [3.05, 3.63) is 34.4 Å². The summed E-state index contributed by atoms with van der Waals surface area (Å²) in [5.41, 5.74) is 0.671. The second-order valence-corrected chi connectivity index (χ2v) is 5.02. The number of amides is 1. The van der Waals surface area contributed by atoms with E-state index in [0.29, 0.717) is 24.3 Å². The average Bonchev–Trinajstić information content (AvgIpc) is 2.51. The van der Waals surface area contributed by atoms with Crippen molar-refractivity contribution in [3.63, 3.8) is 0 Å². The maximum absolute atomic E-state index is 12.4. The van der Waals surface area contributed by atoms with Gasteiger partial charge in [-0.15, -0.1) is 0 Å². The Balaban J connectivity index is 2.09. The summed E-state index contributed by atoms with van der Waals surface area (Å²) >= 11 is 0. The lowest BCUT2D eigenvalue weighted by atomic mass is 10.1. The lowest BCUT2D eigenvalue weighted by molar-refractivity contribution is 0.0716. The summed E-state index contributed by atoms with van der Waals surface area (Å²) in [7, 11) is 1.62. The zero-order chi connectivity index (χ0) is 14.1. The van der Waals surface area contributed by atoms with Gasteiger partial charge in [0, 0.05) is 26.3 Å². The van der Waals surface area contributed by atoms with Crippen LogP contribution in [0.4, 0.5) is 0 Å². The smallest absolute Gasteiger partial charge is 0.283 e. The van der Waals surface area contributed by atoms with E-state index < -0.39 is 0 Å². The highest BCUT2D eigenvalue weighted by Crippen LogP contribution is 2.12. The number of fused-ring (bicyclic) bond motifs is 1. The van der Waals surface area contributed by atoms with Crippen LogP contribution in [0.2, 0.25) is 0 Å². The summed E-state index contributed by atoms with van der Waals surface area (Å²) in [4.78, 5) is 34.8. The molecule has 0 saturated carbocycles. The molecule has 1 saturated heterocycles. The molecule has 1 aliphatic rings. The van der Waals surface area contributed by atoms with Crippen molar-refractivity contribution < 1.29 is 4.79 Å². The lowest BCUT2D eigenvalue weighted by Gasteiger charge is -2.26. The second kappa shape index (κ2) is 5.03. The molecule has 1 aliphatic heterocycles. The molecule has 6 nitrogen and oxygen atoms in total. The Morgan fingerprint density at radius 1 is 1.25 bits per heavy atom. The molecule has 0 aliphatic carbocycles. The minimum Gasteiger partial charge on any atom is -0.337 e. The van der Waals surface area contributed by atoms with Gasteiger partial charge in [0.1, 0.15) is 5.52 Å². The number of aromatic nitrogens is 3. The molecule has 104 valence electrons. The Morgan fingerprint density at radius 3 is 2.75 bits per heavy atom. The molecular formula is C14H16N4O2. The first-order valence-electron chi connectivity index (χ1n) is 6.79. The minimum absolute atomic E-state index is 0.00472. The average molecular weight is 272 g/mol. The van der Waals surface area contributed by atoms with E-state index in [4.69, 9.17) is 0 Å². The standard InChI is InChI=1S/C14H16N4O2/c1-17-12-10(6-5-7-15-12)16-11(13(17)19)14(20)18-8-3-2-4-9-18/h5-7H,2-4,8-9H2,1H3. The highest BCUT2D eigenvalue weighted by molar-refractivity contribution is 5.93. The van der Waals surface area contributed by atoms with Crippen LogP contribution < -0.4 is 5.56 Å². The monoisotopic (exact) mass is 272 g/mol. The van der Waals surface area contributed by atoms with Crippen LogP contribution in [0.15, 0.2) is 23.1 Å². The first-order chi connectivity index (χ1) is 9.68. The van der Waals surface area contributed by atoms with Crippen molar-refractivity contribution in [1.29, 1.82) is 0 Å². The largest absolute Gasteiger partial charge is 0.337 e. The zero-order valence-electron chi connectivity index (χ0n) is 11.4. The van der Waals surface area contributed by atoms with Crippen LogP contribution in [0.1, 0.15) is 29.8 Å². The maximum atomic E-state index is 12.4. The van der Waals surface area contributed by atoms with E-state index in [9.17, 15) is 9.59 Å². The fourth-order valence-corrected chi connectivity index (χ4v) is 2.54. The molecule has 0 spiro atoms. The van der Waals surface area contributed by atoms with Crippen LogP contribution in [0.3, 0.4) is 0 Å². The molecule has 2 aromatic heterocycles. The minimum atomic E-state index is -0.383. The van der Waals surface area contributed by atoms with Gasteiger partial charge in [-0.05, 0) is 31.4 Å². The number of carbonyl (C=O) groups is 1. The molecule has 3 heterocycles. The van der Waals surface area contributed by atoms with Crippen molar-refractivity contribution in [3.8, 4) is 0 Å². The van der Waals surface area contributed by atoms with Gasteiger partial charge in [0.25, 0.3) is 11.5 Å². The Morgan fingerprint density at radius 2 is 2.00 bits per heavy atom. The van der Waals surface area contributed by atoms with E-state index in [-0.39, 0.29) is 17.2 Å². The maximum Gasteiger partial charge on any atom is 0.283 e. The molecule has 1 amide bonds. The molecule has 0 unspecified atom stereocenters. The van der Waals surface area contributed by atoms with E-state index >= 15 is 0 Å². The zero-order valence-corrected chi connectivity index (χ0v) is 11.4. The van der Waals surface area contributed by atoms with Crippen molar-refractivity contribution in [2.75, 3.05) is 13.1 Å². The Bertz CT molecular complexity index is 717. The van der Waals surface area contributed by atoms with Gasteiger partial charge in [0.05, 0.1) is 0 Å². The summed E-state index contributed by atoms with van der Waals surface area (Å²) in [5, 5.41) is 0. The van der Waals surface area contributed by atoms with Gasteiger partial charge < -0.3 is 4.90 Å². The van der Waals surface area contributed by atoms with E-state index in [1.54, 1.807) is 30.3 Å². The number of hydrogen-bond donors (Lipinski definition) is 0. The first-order valence-corrected chi connectivity index (χ1v) is 6.79. The van der Waals surface area contributed by atoms with Gasteiger partial charge in [-0.1, -0.05) is 0 Å². The molecule has 20 heavy (non-hydrogen) atoms. The topological polar surface area (TPSA) is 68.1 Å². The molecule has 2 aromatic rings. The fourth-order valence-electron chi connectivity index (χ4n) is 2.54. The van der Waals surface area contributed by atoms with E-state index in [2.05, 4.69) is 9.97 Å². The summed E-state index contributed by atoms with van der Waals surface area (Å²) in [6, 6.07) is 3.50. The Labute approximate surface area is 116 Å². The molecular weight excluding hydrogens is 256 g/mol. The van der Waals surface area contributed by atoms with Gasteiger partial charge in [-0.2, -0.15) is 0 Å². The van der Waals surface area contributed by atoms with Gasteiger partial charge in [0.2, 0.25) is 0 Å². The molecule has 6 heteroatoms. The molecule has 0 radical (unpaired) electrons. The van der Waals surface area contributed by atoms with Crippen molar-refractivity contribution in [2.45, 2.75) is 19.3 Å². The predicted octanol–water partition coefficient (Wildman–Crippen LogP) is 0.955. The normalized spacial score (nSPS) is 15.6. The predicted molar refractivity (Wildman–Crippen MR) is 74.5 cm³/mol. The number of hydrogen-bond acceptors (Lipinski definition) is 4. The van der Waals surface area contributed by atoms with E-state index in [1.165, 1.54) is 4.57 Å². The molecule has 3 rings (SSSR count). The SMILES string of the molecule is Cn1c(=O)c(C(=O)N2CCCCC2)nc2cccnc21. The van der Waals surface area contributed by atoms with Crippen molar-refractivity contribution >= 4 is 17.1 Å². The third-order valence-corrected chi connectivity index (χ3v) is 3.67. The van der Waals surface area contributed by atoms with Crippen LogP contribution in [0.5, 0.6) is 0 Å². The van der Waals surface area contributed by atoms with E-state index in [0.717, 1.165) is 19.3 Å². The fraction of sp³-hybridized carbons (Fsp3) is 0.429. The summed E-state index contributed by atoms with van der Waals surface area (Å²) in [6.07, 6.45) is 4.72. The van der Waals surface area contributed by atoms with Crippen LogP contribution in [0.25, 0.3) is 11.2 Å². The number of piperidine rings is 1. The second-order valence-electron chi connectivity index (χ2n) is 5.02. The Kier molecular flexibility index (Phi) is 3.22. The number of rotatable bonds is 1. The van der Waals surface area contributed by atoms with Crippen LogP contribution in [-0.4, -0.2) is 38.4 Å². The van der Waals surface area contributed by atoms with Gasteiger partial charge >= 0.3 is 0 Å². The summed E-state index contributed by atoms with van der Waals surface area (Å²) < 4.78 is 1.39. The van der Waals surface area contributed by atoms with Gasteiger partial charge in [-0.25, -0.2) is 9.97 Å². The molecule has 0 aromatic carbocycles. The number of carbonyl (C=O) groups excluding carboxylic acids is 1. The number of aryl methyl sites for hydroxylation is 1. The molecule has 0 N–H and O–H groups in total. The number of pyridine rings is 1. The van der Waals surface area contributed by atoms with E-state index in [1.807, 2.05) is 0 Å². The van der Waals surface area contributed by atoms with Crippen LogP contribution in [-0.2, 0) is 7.05 Å². The first kappa shape index (κ1) is 12.8. The summed E-state index contributed by atoms with van der Waals surface area (Å²) in [5.74, 6) is -0.268. The van der Waals surface area contributed by atoms with Gasteiger partial charge in [0.15, 0.2) is 11.3 Å². The number of nitrogens with zero attached hydrogens (tertiary/aromatic N) is 4. The quantitative estimate of drug-likeness (QED) is 0.775. The lowest BCUT2D eigenvalue weighted by Crippen LogP contribution is -2.40. The van der Waals surface area contributed by atoms with Crippen LogP contribution >= 0.6 is 0 Å². The molecule has 0 atom stereocenters. The third kappa shape index (κ3) is 2.07. The van der Waals surface area contributed by atoms with Crippen LogP contribution in [0, 0.1) is 0 Å².